The van der Waals surface area contributed by atoms with Crippen LogP contribution in [0.3, 0.4) is 0 Å². The maximum Gasteiger partial charge on any atom is 0.138 e. The first-order valence-corrected chi connectivity index (χ1v) is 11.0. The van der Waals surface area contributed by atoms with Gasteiger partial charge in [0, 0.05) is 25.0 Å². The molecule has 1 aromatic carbocycles. The molecule has 4 nitrogen and oxygen atoms in total. The molecule has 0 N–H and O–H groups in total. The van der Waals surface area contributed by atoms with E-state index in [1.807, 2.05) is 30.7 Å². The molecule has 1 aliphatic carbocycles. The molecule has 0 radical (unpaired) electrons. The Hall–Kier alpha value is -1.68. The van der Waals surface area contributed by atoms with Crippen molar-refractivity contribution >= 4 is 11.6 Å². The van der Waals surface area contributed by atoms with Gasteiger partial charge in [-0.1, -0.05) is 37.8 Å². The Labute approximate surface area is 174 Å². The fraction of sp³-hybridized carbons (Fsp3) is 0.609. The second-order valence-corrected chi connectivity index (χ2v) is 8.41. The van der Waals surface area contributed by atoms with Crippen LogP contribution >= 0.6 is 11.6 Å². The second kappa shape index (κ2) is 10.8. The zero-order valence-electron chi connectivity index (χ0n) is 17.1. The van der Waals surface area contributed by atoms with Crippen LogP contribution in [0.25, 0.3) is 0 Å². The highest BCUT2D eigenvalue weighted by molar-refractivity contribution is 6.32. The van der Waals surface area contributed by atoms with Crippen molar-refractivity contribution < 1.29 is 9.47 Å². The Morgan fingerprint density at radius 3 is 2.89 bits per heavy atom. The number of methoxy groups -OCH3 is 1. The first-order valence-electron chi connectivity index (χ1n) is 10.7. The van der Waals surface area contributed by atoms with E-state index in [0.717, 1.165) is 24.5 Å². The molecule has 1 heterocycles. The molecule has 1 fully saturated rings. The van der Waals surface area contributed by atoms with Crippen molar-refractivity contribution in [2.75, 3.05) is 7.11 Å². The molecule has 3 unspecified atom stereocenters. The van der Waals surface area contributed by atoms with E-state index >= 15 is 0 Å². The van der Waals surface area contributed by atoms with Crippen LogP contribution < -0.4 is 9.47 Å². The minimum atomic E-state index is 0.225. The molecule has 0 amide bonds. The van der Waals surface area contributed by atoms with Crippen molar-refractivity contribution in [2.45, 2.75) is 70.9 Å². The predicted molar refractivity (Wildman–Crippen MR) is 114 cm³/mol. The van der Waals surface area contributed by atoms with Gasteiger partial charge in [0.25, 0.3) is 0 Å². The Balaban J connectivity index is 1.67. The Morgan fingerprint density at radius 1 is 1.29 bits per heavy atom. The van der Waals surface area contributed by atoms with Crippen LogP contribution in [0.2, 0.25) is 5.02 Å². The summed E-state index contributed by atoms with van der Waals surface area (Å²) in [5, 5.41) is 0.630. The normalized spacial score (nSPS) is 20.7. The highest BCUT2D eigenvalue weighted by Crippen LogP contribution is 2.37. The molecule has 0 spiro atoms. The lowest BCUT2D eigenvalue weighted by Crippen LogP contribution is -2.32. The average molecular weight is 405 g/mol. The van der Waals surface area contributed by atoms with E-state index in [1.54, 1.807) is 7.11 Å². The molecule has 1 saturated carbocycles. The van der Waals surface area contributed by atoms with Gasteiger partial charge in [0.05, 0.1) is 18.5 Å². The molecular formula is C23H33ClN2O2. The first-order chi connectivity index (χ1) is 13.7. The number of hydrogen-bond donors (Lipinski definition) is 0. The van der Waals surface area contributed by atoms with Gasteiger partial charge in [-0.2, -0.15) is 0 Å². The zero-order valence-corrected chi connectivity index (χ0v) is 17.9. The predicted octanol–water partition coefficient (Wildman–Crippen LogP) is 6.38. The van der Waals surface area contributed by atoms with E-state index in [1.165, 1.54) is 44.9 Å². The van der Waals surface area contributed by atoms with E-state index in [2.05, 4.69) is 22.7 Å². The quantitative estimate of drug-likeness (QED) is 0.431. The SMILES string of the molecule is CCCCCC(Oc1ccc(OC)cc1Cl)C1CCCC(Cn2ccnc2)C1. The third-order valence-corrected chi connectivity index (χ3v) is 6.18. The van der Waals surface area contributed by atoms with Gasteiger partial charge in [0.1, 0.15) is 17.6 Å². The van der Waals surface area contributed by atoms with E-state index in [-0.39, 0.29) is 6.10 Å². The Morgan fingerprint density at radius 2 is 2.18 bits per heavy atom. The van der Waals surface area contributed by atoms with Crippen molar-refractivity contribution in [1.82, 2.24) is 9.55 Å². The maximum absolute atomic E-state index is 6.51. The molecule has 1 aliphatic rings. The lowest BCUT2D eigenvalue weighted by atomic mass is 9.77. The summed E-state index contributed by atoms with van der Waals surface area (Å²) in [4.78, 5) is 4.18. The van der Waals surface area contributed by atoms with Gasteiger partial charge >= 0.3 is 0 Å². The minimum absolute atomic E-state index is 0.225. The van der Waals surface area contributed by atoms with Crippen molar-refractivity contribution in [3.63, 3.8) is 0 Å². The number of benzene rings is 1. The Kier molecular flexibility index (Phi) is 8.08. The van der Waals surface area contributed by atoms with Crippen LogP contribution in [0.15, 0.2) is 36.9 Å². The smallest absolute Gasteiger partial charge is 0.138 e. The molecule has 1 aromatic heterocycles. The number of nitrogens with zero attached hydrogens (tertiary/aromatic N) is 2. The molecule has 154 valence electrons. The first kappa shape index (κ1) is 21.0. The van der Waals surface area contributed by atoms with Crippen molar-refractivity contribution in [1.29, 1.82) is 0 Å². The van der Waals surface area contributed by atoms with E-state index in [0.29, 0.717) is 16.9 Å². The topological polar surface area (TPSA) is 36.3 Å². The number of rotatable bonds is 10. The van der Waals surface area contributed by atoms with Gasteiger partial charge in [-0.3, -0.25) is 0 Å². The fourth-order valence-corrected chi connectivity index (χ4v) is 4.60. The van der Waals surface area contributed by atoms with Gasteiger partial charge in [0.15, 0.2) is 0 Å². The standard InChI is InChI=1S/C23H33ClN2O2/c1-3-4-5-9-22(28-23-11-10-20(27-2)15-21(23)24)19-8-6-7-18(14-19)16-26-13-12-25-17-26/h10-13,15,17-19,22H,3-9,14,16H2,1-2H3. The molecule has 28 heavy (non-hydrogen) atoms. The van der Waals surface area contributed by atoms with Crippen LogP contribution in [-0.2, 0) is 6.54 Å². The van der Waals surface area contributed by atoms with Gasteiger partial charge in [0.2, 0.25) is 0 Å². The van der Waals surface area contributed by atoms with Crippen LogP contribution in [0.5, 0.6) is 11.5 Å². The summed E-state index contributed by atoms with van der Waals surface area (Å²) in [6.45, 7) is 3.30. The summed E-state index contributed by atoms with van der Waals surface area (Å²) in [5.74, 6) is 2.81. The third kappa shape index (κ3) is 5.91. The van der Waals surface area contributed by atoms with Gasteiger partial charge in [-0.25, -0.2) is 4.98 Å². The van der Waals surface area contributed by atoms with Crippen molar-refractivity contribution in [3.05, 3.63) is 41.9 Å². The zero-order chi connectivity index (χ0) is 19.8. The largest absolute Gasteiger partial charge is 0.497 e. The van der Waals surface area contributed by atoms with Crippen LogP contribution in [0.4, 0.5) is 0 Å². The summed E-state index contributed by atoms with van der Waals surface area (Å²) >= 11 is 6.46. The molecule has 3 atom stereocenters. The second-order valence-electron chi connectivity index (χ2n) is 8.00. The number of aromatic nitrogens is 2. The third-order valence-electron chi connectivity index (χ3n) is 5.89. The molecule has 0 saturated heterocycles. The summed E-state index contributed by atoms with van der Waals surface area (Å²) in [6.07, 6.45) is 15.9. The van der Waals surface area contributed by atoms with Gasteiger partial charge in [-0.15, -0.1) is 0 Å². The highest BCUT2D eigenvalue weighted by Gasteiger charge is 2.30. The number of imidazole rings is 1. The summed E-state index contributed by atoms with van der Waals surface area (Å²) in [7, 11) is 1.65. The highest BCUT2D eigenvalue weighted by atomic mass is 35.5. The van der Waals surface area contributed by atoms with Crippen molar-refractivity contribution in [3.8, 4) is 11.5 Å². The molecule has 0 bridgehead atoms. The number of unbranched alkanes of at least 4 members (excludes halogenated alkanes) is 2. The number of hydrogen-bond acceptors (Lipinski definition) is 3. The minimum Gasteiger partial charge on any atom is -0.497 e. The van der Waals surface area contributed by atoms with E-state index < -0.39 is 0 Å². The van der Waals surface area contributed by atoms with Crippen LogP contribution in [-0.4, -0.2) is 22.8 Å². The molecular weight excluding hydrogens is 372 g/mol. The summed E-state index contributed by atoms with van der Waals surface area (Å²) < 4.78 is 14.0. The van der Waals surface area contributed by atoms with Crippen LogP contribution in [0.1, 0.15) is 58.3 Å². The number of halogens is 1. The van der Waals surface area contributed by atoms with E-state index in [4.69, 9.17) is 21.1 Å². The summed E-state index contributed by atoms with van der Waals surface area (Å²) in [5.41, 5.74) is 0. The lowest BCUT2D eigenvalue weighted by Gasteiger charge is -2.35. The van der Waals surface area contributed by atoms with Crippen molar-refractivity contribution in [2.24, 2.45) is 11.8 Å². The van der Waals surface area contributed by atoms with Crippen LogP contribution in [0, 0.1) is 11.8 Å². The monoisotopic (exact) mass is 404 g/mol. The average Bonchev–Trinajstić information content (AvgIpc) is 3.21. The van der Waals surface area contributed by atoms with Gasteiger partial charge in [-0.05, 0) is 56.1 Å². The Bertz CT molecular complexity index is 705. The van der Waals surface area contributed by atoms with Gasteiger partial charge < -0.3 is 14.0 Å². The molecule has 5 heteroatoms. The van der Waals surface area contributed by atoms with E-state index in [9.17, 15) is 0 Å². The number of ether oxygens (including phenoxy) is 2. The maximum atomic E-state index is 6.51. The molecule has 3 rings (SSSR count). The lowest BCUT2D eigenvalue weighted by molar-refractivity contribution is 0.0768. The summed E-state index contributed by atoms with van der Waals surface area (Å²) in [6, 6.07) is 5.70. The molecule has 2 aromatic rings. The molecule has 0 aliphatic heterocycles. The fourth-order valence-electron chi connectivity index (χ4n) is 4.38.